The number of unbranched alkanes of at least 4 members (excludes halogenated alkanes) is 16. The van der Waals surface area contributed by atoms with E-state index < -0.39 is 20.2 Å². The van der Waals surface area contributed by atoms with E-state index in [0.29, 0.717) is 10.8 Å². The maximum Gasteiger partial charge on any atom is 2.00 e. The quantitative estimate of drug-likeness (QED) is 0.0353. The third-order valence-corrected chi connectivity index (χ3v) is 12.8. The molecule has 312 valence electrons. The molecule has 4 aromatic rings. The summed E-state index contributed by atoms with van der Waals surface area (Å²) in [6.45, 7) is 8.82. The molecule has 0 aliphatic rings. The maximum absolute atomic E-state index is 11.8. The Morgan fingerprint density at radius 2 is 0.667 bits per heavy atom. The largest absolute Gasteiger partial charge is 2.00 e. The van der Waals surface area contributed by atoms with Crippen molar-refractivity contribution in [2.75, 3.05) is 0 Å². The van der Waals surface area contributed by atoms with E-state index in [2.05, 4.69) is 39.8 Å². The number of fused-ring (bicyclic) bond motifs is 2. The maximum atomic E-state index is 11.8. The Labute approximate surface area is 376 Å². The van der Waals surface area contributed by atoms with E-state index in [1.165, 1.54) is 115 Å². The summed E-state index contributed by atoms with van der Waals surface area (Å²) in [7, 11) is -8.96. The molecule has 0 N–H and O–H groups in total. The van der Waals surface area contributed by atoms with Crippen LogP contribution in [0.15, 0.2) is 70.5 Å². The smallest absolute Gasteiger partial charge is 0.744 e. The molecule has 0 unspecified atom stereocenters. The minimum atomic E-state index is -4.48. The molecule has 0 aliphatic heterocycles. The Bertz CT molecular complexity index is 1830. The zero-order valence-electron chi connectivity index (χ0n) is 35.7. The molecule has 0 heterocycles. The second kappa shape index (κ2) is 28.1. The minimum Gasteiger partial charge on any atom is -0.744 e. The summed E-state index contributed by atoms with van der Waals surface area (Å²) < 4.78 is 70.7. The fraction of sp³-hybridized carbons (Fsp3) is 0.583. The molecule has 0 aromatic heterocycles. The molecular weight excluding hydrogens is 777 g/mol. The van der Waals surface area contributed by atoms with Gasteiger partial charge in [0, 0.05) is 0 Å². The first-order chi connectivity index (χ1) is 26.9. The van der Waals surface area contributed by atoms with E-state index in [4.69, 9.17) is 0 Å². The summed E-state index contributed by atoms with van der Waals surface area (Å²) in [4.78, 5) is -0.157. The van der Waals surface area contributed by atoms with E-state index in [1.807, 2.05) is 36.4 Å². The van der Waals surface area contributed by atoms with E-state index >= 15 is 0 Å². The minimum absolute atomic E-state index is 0. The average Bonchev–Trinajstić information content (AvgIpc) is 3.16. The fourth-order valence-corrected chi connectivity index (χ4v) is 9.09. The molecule has 6 nitrogen and oxygen atoms in total. The number of rotatable bonds is 26. The Morgan fingerprint density at radius 1 is 0.368 bits per heavy atom. The predicted molar refractivity (Wildman–Crippen MR) is 239 cm³/mol. The molecule has 0 atom stereocenters. The summed E-state index contributed by atoms with van der Waals surface area (Å²) in [5.74, 6) is 0. The normalized spacial score (nSPS) is 11.8. The van der Waals surface area contributed by atoms with Crippen molar-refractivity contribution in [3.8, 4) is 0 Å². The van der Waals surface area contributed by atoms with Gasteiger partial charge in [-0.2, -0.15) is 0 Å². The topological polar surface area (TPSA) is 114 Å². The van der Waals surface area contributed by atoms with Gasteiger partial charge in [0.05, 0.1) is 9.79 Å². The van der Waals surface area contributed by atoms with Crippen LogP contribution in [0.2, 0.25) is 0 Å². The van der Waals surface area contributed by atoms with E-state index in [-0.39, 0.29) is 47.5 Å². The molecule has 0 radical (unpaired) electrons. The average molecular weight is 847 g/mol. The first-order valence-corrected chi connectivity index (χ1v) is 24.8. The van der Waals surface area contributed by atoms with Crippen LogP contribution < -0.4 is 0 Å². The molecule has 0 bridgehead atoms. The number of hydrogen-bond acceptors (Lipinski definition) is 6. The molecule has 0 fully saturated rings. The summed E-state index contributed by atoms with van der Waals surface area (Å²) in [6.07, 6.45) is 27.8. The van der Waals surface area contributed by atoms with Crippen LogP contribution in [-0.4, -0.2) is 63.7 Å². The van der Waals surface area contributed by atoms with Crippen molar-refractivity contribution in [2.45, 2.75) is 192 Å². The van der Waals surface area contributed by atoms with E-state index in [1.54, 1.807) is 0 Å². The van der Waals surface area contributed by atoms with Gasteiger partial charge >= 0.3 is 37.7 Å². The molecule has 0 saturated heterocycles. The van der Waals surface area contributed by atoms with E-state index in [9.17, 15) is 25.9 Å². The van der Waals surface area contributed by atoms with Crippen molar-refractivity contribution in [1.29, 1.82) is 0 Å². The van der Waals surface area contributed by atoms with Gasteiger partial charge in [-0.25, -0.2) is 16.8 Å². The molecule has 0 amide bonds. The van der Waals surface area contributed by atoms with Crippen LogP contribution in [0.4, 0.5) is 0 Å². The van der Waals surface area contributed by atoms with Gasteiger partial charge in [-0.3, -0.25) is 0 Å². The number of aryl methyl sites for hydroxylation is 4. The summed E-state index contributed by atoms with van der Waals surface area (Å²) in [6, 6.07) is 18.8. The van der Waals surface area contributed by atoms with Gasteiger partial charge in [0.1, 0.15) is 20.2 Å². The van der Waals surface area contributed by atoms with Crippen LogP contribution in [0.5, 0.6) is 0 Å². The van der Waals surface area contributed by atoms with Crippen LogP contribution in [0.25, 0.3) is 21.5 Å². The Kier molecular flexibility index (Phi) is 25.4. The molecule has 4 rings (SSSR count). The first-order valence-electron chi connectivity index (χ1n) is 21.9. The van der Waals surface area contributed by atoms with Gasteiger partial charge in [-0.05, 0) is 119 Å². The third-order valence-electron chi connectivity index (χ3n) is 11.0. The van der Waals surface area contributed by atoms with Crippen LogP contribution in [0.3, 0.4) is 0 Å². The van der Waals surface area contributed by atoms with Gasteiger partial charge in [0.2, 0.25) is 0 Å². The van der Waals surface area contributed by atoms with Crippen molar-refractivity contribution in [2.24, 2.45) is 0 Å². The third kappa shape index (κ3) is 18.3. The van der Waals surface area contributed by atoms with Crippen molar-refractivity contribution in [3.63, 3.8) is 0 Å². The molecule has 0 spiro atoms. The second-order valence-electron chi connectivity index (χ2n) is 15.8. The second-order valence-corrected chi connectivity index (χ2v) is 18.5. The number of benzene rings is 4. The Balaban J connectivity index is 0.000000387. The van der Waals surface area contributed by atoms with Crippen LogP contribution in [-0.2, 0) is 45.9 Å². The Hall–Kier alpha value is -1.52. The zero-order valence-corrected chi connectivity index (χ0v) is 39.6. The van der Waals surface area contributed by atoms with Crippen molar-refractivity contribution < 1.29 is 25.9 Å². The van der Waals surface area contributed by atoms with Crippen LogP contribution >= 0.6 is 0 Å². The molecule has 0 saturated carbocycles. The molecule has 4 aromatic carbocycles. The molecule has 9 heteroatoms. The van der Waals surface area contributed by atoms with Gasteiger partial charge in [0.25, 0.3) is 0 Å². The number of hydrogen-bond donors (Lipinski definition) is 0. The summed E-state index contributed by atoms with van der Waals surface area (Å²) in [5.41, 5.74) is 4.53. The Morgan fingerprint density at radius 3 is 0.965 bits per heavy atom. The monoisotopic (exact) mass is 846 g/mol. The molecule has 0 aliphatic carbocycles. The zero-order chi connectivity index (χ0) is 40.8. The van der Waals surface area contributed by atoms with Gasteiger partial charge < -0.3 is 9.11 Å². The first kappa shape index (κ1) is 51.6. The van der Waals surface area contributed by atoms with Crippen molar-refractivity contribution in [3.05, 3.63) is 82.9 Å². The van der Waals surface area contributed by atoms with Crippen molar-refractivity contribution >= 4 is 79.5 Å². The van der Waals surface area contributed by atoms with E-state index in [0.717, 1.165) is 84.4 Å². The summed E-state index contributed by atoms with van der Waals surface area (Å²) in [5, 5.41) is 3.04. The predicted octanol–water partition coefficient (Wildman–Crippen LogP) is 13.2. The standard InChI is InChI=1S/2C24H36O3S.Ca/c2*1-3-5-7-9-11-13-20-15-17-22-21(14-12-10-8-6-4-2)16-18-24(23(22)19-20)28(25,26)27;/h2*15-19H,3-14H2,1-2H3,(H,25,26,27);/q;;+2/p-2. The van der Waals surface area contributed by atoms with Gasteiger partial charge in [-0.1, -0.05) is 167 Å². The molecule has 57 heavy (non-hydrogen) atoms. The SMILES string of the molecule is CCCCCCCc1ccc2c(CCCCCCC)ccc(S(=O)(=O)[O-])c2c1.CCCCCCCc1ccc2c(CCCCCCC)ccc(S(=O)(=O)[O-])c2c1.[Ca+2]. The van der Waals surface area contributed by atoms with Gasteiger partial charge in [0.15, 0.2) is 0 Å². The van der Waals surface area contributed by atoms with Crippen LogP contribution in [0, 0.1) is 0 Å². The van der Waals surface area contributed by atoms with Crippen LogP contribution in [0.1, 0.15) is 178 Å². The summed E-state index contributed by atoms with van der Waals surface area (Å²) >= 11 is 0. The van der Waals surface area contributed by atoms with Crippen molar-refractivity contribution in [1.82, 2.24) is 0 Å². The van der Waals surface area contributed by atoms with Gasteiger partial charge in [-0.15, -0.1) is 0 Å². The molecular formula is C48H70CaO6S2. The fourth-order valence-electron chi connectivity index (χ4n) is 7.75.